The van der Waals surface area contributed by atoms with E-state index < -0.39 is 0 Å². The van der Waals surface area contributed by atoms with E-state index in [0.717, 1.165) is 36.5 Å². The molecule has 0 fully saturated rings. The zero-order chi connectivity index (χ0) is 13.7. The molecule has 0 N–H and O–H groups in total. The molecule has 4 nitrogen and oxygen atoms in total. The summed E-state index contributed by atoms with van der Waals surface area (Å²) in [4.78, 5) is 0. The highest BCUT2D eigenvalue weighted by molar-refractivity contribution is 5.46. The number of unbranched alkanes of at least 4 members (excludes halogenated alkanes) is 1. The Morgan fingerprint density at radius 1 is 1.26 bits per heavy atom. The van der Waals surface area contributed by atoms with Gasteiger partial charge in [-0.2, -0.15) is 5.26 Å². The zero-order valence-electron chi connectivity index (χ0n) is 11.4. The van der Waals surface area contributed by atoms with Crippen molar-refractivity contribution >= 4 is 0 Å². The molecule has 0 unspecified atom stereocenters. The lowest BCUT2D eigenvalue weighted by molar-refractivity contribution is 0.173. The largest absolute Gasteiger partial charge is 0.493 e. The molecule has 1 aliphatic rings. The maximum atomic E-state index is 8.91. The minimum absolute atomic E-state index is 0.237. The molecule has 1 aromatic rings. The Bertz CT molecular complexity index is 477. The van der Waals surface area contributed by atoms with Gasteiger partial charge in [0.15, 0.2) is 11.5 Å². The molecule has 0 aliphatic carbocycles. The highest BCUT2D eigenvalue weighted by Gasteiger charge is 2.16. The predicted molar refractivity (Wildman–Crippen MR) is 71.3 cm³/mol. The van der Waals surface area contributed by atoms with E-state index in [0.29, 0.717) is 6.61 Å². The Hall–Kier alpha value is -1.89. The van der Waals surface area contributed by atoms with Crippen LogP contribution in [0.5, 0.6) is 17.2 Å². The van der Waals surface area contributed by atoms with E-state index in [1.807, 2.05) is 32.0 Å². The molecule has 0 spiro atoms. The molecule has 1 aromatic carbocycles. The summed E-state index contributed by atoms with van der Waals surface area (Å²) in [5, 5.41) is 8.91. The lowest BCUT2D eigenvalue weighted by Gasteiger charge is -2.14. The fourth-order valence-electron chi connectivity index (χ4n) is 1.88. The van der Waals surface area contributed by atoms with Crippen LogP contribution >= 0.6 is 0 Å². The van der Waals surface area contributed by atoms with Crippen LogP contribution in [0.25, 0.3) is 0 Å². The average molecular weight is 261 g/mol. The molecule has 4 heteroatoms. The van der Waals surface area contributed by atoms with Crippen LogP contribution in [0.2, 0.25) is 0 Å². The summed E-state index contributed by atoms with van der Waals surface area (Å²) in [5.74, 6) is 2.30. The number of fused-ring (bicyclic) bond motifs is 1. The van der Waals surface area contributed by atoms with Crippen molar-refractivity contribution in [3.63, 3.8) is 0 Å². The van der Waals surface area contributed by atoms with Crippen LogP contribution in [0.3, 0.4) is 0 Å². The van der Waals surface area contributed by atoms with Gasteiger partial charge in [-0.25, -0.2) is 0 Å². The highest BCUT2D eigenvalue weighted by atomic mass is 16.7. The quantitative estimate of drug-likeness (QED) is 0.735. The minimum Gasteiger partial charge on any atom is -0.493 e. The van der Waals surface area contributed by atoms with Crippen molar-refractivity contribution in [3.8, 4) is 23.3 Å². The maximum absolute atomic E-state index is 8.91. The molecule has 0 bridgehead atoms. The molecule has 0 atom stereocenters. The van der Waals surface area contributed by atoms with E-state index >= 15 is 0 Å². The lowest BCUT2D eigenvalue weighted by Crippen LogP contribution is -2.08. The van der Waals surface area contributed by atoms with Crippen LogP contribution in [0.1, 0.15) is 33.1 Å². The van der Waals surface area contributed by atoms with Crippen LogP contribution in [-0.2, 0) is 0 Å². The smallest absolute Gasteiger partial charge is 0.231 e. The summed E-state index contributed by atoms with van der Waals surface area (Å²) in [6, 6.07) is 7.89. The molecule has 1 heterocycles. The molecular weight excluding hydrogens is 242 g/mol. The maximum Gasteiger partial charge on any atom is 0.231 e. The van der Waals surface area contributed by atoms with Gasteiger partial charge < -0.3 is 14.2 Å². The van der Waals surface area contributed by atoms with Crippen molar-refractivity contribution in [2.24, 2.45) is 5.41 Å². The van der Waals surface area contributed by atoms with Crippen molar-refractivity contribution in [2.75, 3.05) is 13.4 Å². The van der Waals surface area contributed by atoms with Gasteiger partial charge in [0.2, 0.25) is 6.79 Å². The minimum atomic E-state index is -0.237. The number of hydrogen-bond donors (Lipinski definition) is 0. The van der Waals surface area contributed by atoms with Crippen LogP contribution in [0.15, 0.2) is 18.2 Å². The molecule has 0 saturated carbocycles. The lowest BCUT2D eigenvalue weighted by atomic mass is 9.89. The SMILES string of the molecule is CC(C)(C#N)CCCCOc1ccc2c(c1)OCO2. The molecule has 102 valence electrons. The molecule has 0 aromatic heterocycles. The predicted octanol–water partition coefficient (Wildman–Crippen LogP) is 3.51. The summed E-state index contributed by atoms with van der Waals surface area (Å²) in [6.07, 6.45) is 2.83. The Kier molecular flexibility index (Phi) is 4.16. The fourth-order valence-corrected chi connectivity index (χ4v) is 1.88. The third-order valence-corrected chi connectivity index (χ3v) is 3.11. The van der Waals surface area contributed by atoms with E-state index in [1.54, 1.807) is 0 Å². The van der Waals surface area contributed by atoms with Crippen molar-refractivity contribution in [2.45, 2.75) is 33.1 Å². The molecule has 0 saturated heterocycles. The normalized spacial score (nSPS) is 13.1. The summed E-state index contributed by atoms with van der Waals surface area (Å²) in [6.45, 7) is 4.86. The number of nitrogens with zero attached hydrogens (tertiary/aromatic N) is 1. The summed E-state index contributed by atoms with van der Waals surface area (Å²) < 4.78 is 16.2. The van der Waals surface area contributed by atoms with Gasteiger partial charge in [0.1, 0.15) is 5.75 Å². The van der Waals surface area contributed by atoms with Gasteiger partial charge in [-0.1, -0.05) is 0 Å². The molecule has 1 aliphatic heterocycles. The Morgan fingerprint density at radius 2 is 2.05 bits per heavy atom. The van der Waals surface area contributed by atoms with Crippen LogP contribution < -0.4 is 14.2 Å². The first-order chi connectivity index (χ1) is 9.11. The number of benzene rings is 1. The second-order valence-electron chi connectivity index (χ2n) is 5.32. The van der Waals surface area contributed by atoms with Gasteiger partial charge >= 0.3 is 0 Å². The first-order valence-corrected chi connectivity index (χ1v) is 6.54. The van der Waals surface area contributed by atoms with Crippen molar-refractivity contribution in [1.29, 1.82) is 5.26 Å². The summed E-state index contributed by atoms with van der Waals surface area (Å²) in [7, 11) is 0. The number of hydrogen-bond acceptors (Lipinski definition) is 4. The van der Waals surface area contributed by atoms with E-state index in [1.165, 1.54) is 0 Å². The Morgan fingerprint density at radius 3 is 2.84 bits per heavy atom. The molecule has 19 heavy (non-hydrogen) atoms. The number of rotatable bonds is 6. The highest BCUT2D eigenvalue weighted by Crippen LogP contribution is 2.35. The Balaban J connectivity index is 1.71. The standard InChI is InChI=1S/C15H19NO3/c1-15(2,10-16)7-3-4-8-17-12-5-6-13-14(9-12)19-11-18-13/h5-6,9H,3-4,7-8,11H2,1-2H3. The second kappa shape index (κ2) is 5.83. The van der Waals surface area contributed by atoms with Gasteiger partial charge in [-0.3, -0.25) is 0 Å². The van der Waals surface area contributed by atoms with E-state index in [2.05, 4.69) is 6.07 Å². The van der Waals surface area contributed by atoms with Gasteiger partial charge in [-0.05, 0) is 45.2 Å². The van der Waals surface area contributed by atoms with Crippen LogP contribution in [0, 0.1) is 16.7 Å². The third kappa shape index (κ3) is 3.78. The van der Waals surface area contributed by atoms with Gasteiger partial charge in [0, 0.05) is 6.07 Å². The van der Waals surface area contributed by atoms with Gasteiger partial charge in [-0.15, -0.1) is 0 Å². The van der Waals surface area contributed by atoms with Gasteiger partial charge in [0.25, 0.3) is 0 Å². The Labute approximate surface area is 113 Å². The fraction of sp³-hybridized carbons (Fsp3) is 0.533. The van der Waals surface area contributed by atoms with Gasteiger partial charge in [0.05, 0.1) is 18.1 Å². The molecule has 0 radical (unpaired) electrons. The van der Waals surface area contributed by atoms with E-state index in [4.69, 9.17) is 19.5 Å². The second-order valence-corrected chi connectivity index (χ2v) is 5.32. The average Bonchev–Trinajstić information content (AvgIpc) is 2.85. The summed E-state index contributed by atoms with van der Waals surface area (Å²) in [5.41, 5.74) is -0.237. The van der Waals surface area contributed by atoms with Crippen molar-refractivity contribution in [1.82, 2.24) is 0 Å². The van der Waals surface area contributed by atoms with Crippen molar-refractivity contribution in [3.05, 3.63) is 18.2 Å². The molecule has 0 amide bonds. The first kappa shape index (κ1) is 13.5. The monoisotopic (exact) mass is 261 g/mol. The topological polar surface area (TPSA) is 51.5 Å². The van der Waals surface area contributed by atoms with E-state index in [9.17, 15) is 0 Å². The number of nitriles is 1. The molecular formula is C15H19NO3. The van der Waals surface area contributed by atoms with E-state index in [-0.39, 0.29) is 12.2 Å². The third-order valence-electron chi connectivity index (χ3n) is 3.11. The summed E-state index contributed by atoms with van der Waals surface area (Å²) >= 11 is 0. The zero-order valence-corrected chi connectivity index (χ0v) is 11.4. The van der Waals surface area contributed by atoms with Crippen LogP contribution in [0.4, 0.5) is 0 Å². The molecule has 2 rings (SSSR count). The van der Waals surface area contributed by atoms with Crippen LogP contribution in [-0.4, -0.2) is 13.4 Å². The first-order valence-electron chi connectivity index (χ1n) is 6.54. The van der Waals surface area contributed by atoms with Crippen molar-refractivity contribution < 1.29 is 14.2 Å². The number of ether oxygens (including phenoxy) is 3.